The Balaban J connectivity index is 1.83. The Labute approximate surface area is 135 Å². The second-order valence-corrected chi connectivity index (χ2v) is 5.97. The van der Waals surface area contributed by atoms with Crippen molar-refractivity contribution in [2.24, 2.45) is 5.92 Å². The standard InChI is InChI=1S/C18H20N4O/c1-13(2)17(10-22-12-19-11-20-22)21-18(23)16-9-5-7-14-6-3-4-8-15(14)16/h3-9,11-13,17H,10H2,1-2H3,(H,21,23)/t17-/m0/s1. The highest BCUT2D eigenvalue weighted by atomic mass is 16.1. The van der Waals surface area contributed by atoms with Crippen molar-refractivity contribution in [2.45, 2.75) is 26.4 Å². The highest BCUT2D eigenvalue weighted by Gasteiger charge is 2.19. The fourth-order valence-corrected chi connectivity index (χ4v) is 2.62. The topological polar surface area (TPSA) is 59.8 Å². The first-order chi connectivity index (χ1) is 11.1. The maximum Gasteiger partial charge on any atom is 0.252 e. The van der Waals surface area contributed by atoms with E-state index in [9.17, 15) is 4.79 Å². The Morgan fingerprint density at radius 1 is 1.17 bits per heavy atom. The van der Waals surface area contributed by atoms with Crippen LogP contribution < -0.4 is 5.32 Å². The normalized spacial score (nSPS) is 12.5. The summed E-state index contributed by atoms with van der Waals surface area (Å²) in [7, 11) is 0. The third-order valence-corrected chi connectivity index (χ3v) is 4.01. The van der Waals surface area contributed by atoms with E-state index in [1.165, 1.54) is 6.33 Å². The number of rotatable bonds is 5. The number of nitrogens with one attached hydrogen (secondary N) is 1. The van der Waals surface area contributed by atoms with Gasteiger partial charge < -0.3 is 5.32 Å². The lowest BCUT2D eigenvalue weighted by molar-refractivity contribution is 0.0921. The molecule has 118 valence electrons. The second-order valence-electron chi connectivity index (χ2n) is 5.97. The number of fused-ring (bicyclic) bond motifs is 1. The molecule has 0 aliphatic heterocycles. The summed E-state index contributed by atoms with van der Waals surface area (Å²) in [5.41, 5.74) is 0.701. The molecular formula is C18H20N4O. The van der Waals surface area contributed by atoms with E-state index in [0.29, 0.717) is 12.1 Å². The minimum absolute atomic E-state index is 0.0110. The van der Waals surface area contributed by atoms with Crippen LogP contribution in [0.5, 0.6) is 0 Å². The third kappa shape index (κ3) is 3.39. The Hall–Kier alpha value is -2.69. The predicted molar refractivity (Wildman–Crippen MR) is 90.1 cm³/mol. The van der Waals surface area contributed by atoms with Crippen LogP contribution in [0.1, 0.15) is 24.2 Å². The van der Waals surface area contributed by atoms with E-state index in [1.807, 2.05) is 42.5 Å². The molecule has 0 unspecified atom stereocenters. The summed E-state index contributed by atoms with van der Waals surface area (Å²) in [6, 6.07) is 13.7. The van der Waals surface area contributed by atoms with Gasteiger partial charge in [0.15, 0.2) is 0 Å². The van der Waals surface area contributed by atoms with Crippen molar-refractivity contribution in [3.8, 4) is 0 Å². The van der Waals surface area contributed by atoms with Crippen molar-refractivity contribution in [1.29, 1.82) is 0 Å². The number of benzene rings is 2. The average Bonchev–Trinajstić information content (AvgIpc) is 3.06. The molecule has 1 heterocycles. The van der Waals surface area contributed by atoms with Crippen LogP contribution in [0.15, 0.2) is 55.1 Å². The van der Waals surface area contributed by atoms with Crippen LogP contribution >= 0.6 is 0 Å². The first kappa shape index (κ1) is 15.2. The van der Waals surface area contributed by atoms with E-state index in [1.54, 1.807) is 11.0 Å². The van der Waals surface area contributed by atoms with Gasteiger partial charge in [-0.15, -0.1) is 0 Å². The lowest BCUT2D eigenvalue weighted by Crippen LogP contribution is -2.41. The van der Waals surface area contributed by atoms with Gasteiger partial charge in [0.2, 0.25) is 0 Å². The van der Waals surface area contributed by atoms with Crippen LogP contribution in [-0.4, -0.2) is 26.7 Å². The van der Waals surface area contributed by atoms with Crippen LogP contribution in [0.25, 0.3) is 10.8 Å². The van der Waals surface area contributed by atoms with Crippen LogP contribution in [0.3, 0.4) is 0 Å². The summed E-state index contributed by atoms with van der Waals surface area (Å²) >= 11 is 0. The third-order valence-electron chi connectivity index (χ3n) is 4.01. The van der Waals surface area contributed by atoms with Gasteiger partial charge in [0.05, 0.1) is 12.6 Å². The molecule has 0 bridgehead atoms. The minimum Gasteiger partial charge on any atom is -0.347 e. The first-order valence-corrected chi connectivity index (χ1v) is 7.76. The van der Waals surface area contributed by atoms with Crippen LogP contribution in [0.4, 0.5) is 0 Å². The van der Waals surface area contributed by atoms with Crippen LogP contribution in [-0.2, 0) is 6.54 Å². The van der Waals surface area contributed by atoms with Gasteiger partial charge in [0.1, 0.15) is 12.7 Å². The van der Waals surface area contributed by atoms with Crippen molar-refractivity contribution in [3.05, 3.63) is 60.7 Å². The highest BCUT2D eigenvalue weighted by Crippen LogP contribution is 2.19. The molecule has 0 radical (unpaired) electrons. The number of carbonyl (C=O) groups is 1. The van der Waals surface area contributed by atoms with E-state index < -0.39 is 0 Å². The van der Waals surface area contributed by atoms with E-state index in [0.717, 1.165) is 10.8 Å². The van der Waals surface area contributed by atoms with Gasteiger partial charge in [-0.1, -0.05) is 50.2 Å². The first-order valence-electron chi connectivity index (χ1n) is 7.76. The van der Waals surface area contributed by atoms with Crippen molar-refractivity contribution >= 4 is 16.7 Å². The van der Waals surface area contributed by atoms with Crippen molar-refractivity contribution < 1.29 is 4.79 Å². The summed E-state index contributed by atoms with van der Waals surface area (Å²) in [5, 5.41) is 9.29. The molecule has 5 nitrogen and oxygen atoms in total. The number of hydrogen-bond acceptors (Lipinski definition) is 3. The van der Waals surface area contributed by atoms with Gasteiger partial charge in [0, 0.05) is 5.56 Å². The van der Waals surface area contributed by atoms with Gasteiger partial charge in [-0.25, -0.2) is 4.98 Å². The molecule has 5 heteroatoms. The maximum absolute atomic E-state index is 12.7. The smallest absolute Gasteiger partial charge is 0.252 e. The fourth-order valence-electron chi connectivity index (χ4n) is 2.62. The minimum atomic E-state index is -0.0550. The summed E-state index contributed by atoms with van der Waals surface area (Å²) in [6.07, 6.45) is 3.17. The van der Waals surface area contributed by atoms with E-state index in [4.69, 9.17) is 0 Å². The molecule has 1 atom stereocenters. The summed E-state index contributed by atoms with van der Waals surface area (Å²) < 4.78 is 1.74. The number of hydrogen-bond donors (Lipinski definition) is 1. The van der Waals surface area contributed by atoms with E-state index in [-0.39, 0.29) is 17.9 Å². The van der Waals surface area contributed by atoms with Crippen LogP contribution in [0, 0.1) is 5.92 Å². The van der Waals surface area contributed by atoms with Crippen molar-refractivity contribution in [3.63, 3.8) is 0 Å². The molecule has 23 heavy (non-hydrogen) atoms. The zero-order valence-electron chi connectivity index (χ0n) is 13.3. The SMILES string of the molecule is CC(C)[C@H](Cn1cncn1)NC(=O)c1cccc2ccccc12. The molecule has 0 fully saturated rings. The lowest BCUT2D eigenvalue weighted by Gasteiger charge is -2.22. The second kappa shape index (κ2) is 6.60. The lowest BCUT2D eigenvalue weighted by atomic mass is 10.0. The monoisotopic (exact) mass is 308 g/mol. The number of nitrogens with zero attached hydrogens (tertiary/aromatic N) is 3. The van der Waals surface area contributed by atoms with Crippen molar-refractivity contribution in [2.75, 3.05) is 0 Å². The number of carbonyl (C=O) groups excluding carboxylic acids is 1. The Kier molecular flexibility index (Phi) is 4.37. The summed E-state index contributed by atoms with van der Waals surface area (Å²) in [6.45, 7) is 4.78. The van der Waals surface area contributed by atoms with Crippen molar-refractivity contribution in [1.82, 2.24) is 20.1 Å². The molecule has 3 aromatic rings. The van der Waals surface area contributed by atoms with E-state index in [2.05, 4.69) is 29.2 Å². The Morgan fingerprint density at radius 2 is 1.96 bits per heavy atom. The zero-order chi connectivity index (χ0) is 16.2. The molecule has 0 saturated carbocycles. The fraction of sp³-hybridized carbons (Fsp3) is 0.278. The number of amides is 1. The average molecular weight is 308 g/mol. The predicted octanol–water partition coefficient (Wildman–Crippen LogP) is 2.89. The Morgan fingerprint density at radius 3 is 2.70 bits per heavy atom. The molecule has 2 aromatic carbocycles. The molecule has 1 amide bonds. The van der Waals surface area contributed by atoms with E-state index >= 15 is 0 Å². The molecule has 1 aromatic heterocycles. The van der Waals surface area contributed by atoms with Gasteiger partial charge in [0.25, 0.3) is 5.91 Å². The van der Waals surface area contributed by atoms with Gasteiger partial charge in [-0.05, 0) is 22.8 Å². The maximum atomic E-state index is 12.7. The Bertz CT molecular complexity index is 790. The highest BCUT2D eigenvalue weighted by molar-refractivity contribution is 6.07. The van der Waals surface area contributed by atoms with Crippen LogP contribution in [0.2, 0.25) is 0 Å². The molecule has 0 spiro atoms. The van der Waals surface area contributed by atoms with Gasteiger partial charge >= 0.3 is 0 Å². The number of aromatic nitrogens is 3. The largest absolute Gasteiger partial charge is 0.347 e. The molecule has 1 N–H and O–H groups in total. The molecule has 0 aliphatic carbocycles. The van der Waals surface area contributed by atoms with Gasteiger partial charge in [-0.2, -0.15) is 5.10 Å². The summed E-state index contributed by atoms with van der Waals surface area (Å²) in [5.74, 6) is 0.235. The van der Waals surface area contributed by atoms with Gasteiger partial charge in [-0.3, -0.25) is 9.48 Å². The quantitative estimate of drug-likeness (QED) is 0.788. The molecule has 0 saturated heterocycles. The zero-order valence-corrected chi connectivity index (χ0v) is 13.3. The summed E-state index contributed by atoms with van der Waals surface area (Å²) in [4.78, 5) is 16.7. The molecular weight excluding hydrogens is 288 g/mol. The molecule has 3 rings (SSSR count). The molecule has 0 aliphatic rings.